The van der Waals surface area contributed by atoms with Crippen LogP contribution >= 0.6 is 0 Å². The first-order valence-electron chi connectivity index (χ1n) is 9.36. The summed E-state index contributed by atoms with van der Waals surface area (Å²) in [5.74, 6) is 0.844. The molecule has 1 aliphatic rings. The lowest BCUT2D eigenvalue weighted by Gasteiger charge is -2.29. The number of carbonyl (C=O) groups is 1. The zero-order valence-electron chi connectivity index (χ0n) is 16.5. The second kappa shape index (κ2) is 9.29. The minimum atomic E-state index is -1.25. The highest BCUT2D eigenvalue weighted by atomic mass is 16.6. The molecule has 0 saturated carbocycles. The Morgan fingerprint density at radius 3 is 2.75 bits per heavy atom. The van der Waals surface area contributed by atoms with Gasteiger partial charge >= 0.3 is 0 Å². The fourth-order valence-electron chi connectivity index (χ4n) is 3.72. The highest BCUT2D eigenvalue weighted by Gasteiger charge is 2.40. The highest BCUT2D eigenvalue weighted by molar-refractivity contribution is 5.84. The van der Waals surface area contributed by atoms with Gasteiger partial charge in [-0.1, -0.05) is 30.3 Å². The van der Waals surface area contributed by atoms with Crippen molar-refractivity contribution in [3.05, 3.63) is 53.6 Å². The predicted molar refractivity (Wildman–Crippen MR) is 103 cm³/mol. The zero-order chi connectivity index (χ0) is 20.1. The number of carbonyl (C=O) groups excluding carboxylic acids is 1. The second-order valence-electron chi connectivity index (χ2n) is 7.11. The Hall–Kier alpha value is -2.26. The van der Waals surface area contributed by atoms with Crippen molar-refractivity contribution >= 4 is 5.91 Å². The SMILES string of the molecule is COC[C@H]1C[C@@H](c2ncc(C)[nH]2)N(C(=O)[C@H](NC(O)OC)c2ccccc2)C1. The molecule has 2 aromatic rings. The van der Waals surface area contributed by atoms with E-state index in [9.17, 15) is 9.90 Å². The number of imidazole rings is 1. The number of aromatic amines is 1. The molecule has 1 saturated heterocycles. The fourth-order valence-corrected chi connectivity index (χ4v) is 3.72. The average molecular weight is 388 g/mol. The number of H-pyrrole nitrogens is 1. The first-order valence-corrected chi connectivity index (χ1v) is 9.36. The van der Waals surface area contributed by atoms with Gasteiger partial charge in [0.25, 0.3) is 0 Å². The normalized spacial score (nSPS) is 21.6. The number of rotatable bonds is 8. The summed E-state index contributed by atoms with van der Waals surface area (Å²) in [5.41, 5.74) is 1.71. The third kappa shape index (κ3) is 4.59. The Kier molecular flexibility index (Phi) is 6.79. The van der Waals surface area contributed by atoms with Crippen LogP contribution in [0.4, 0.5) is 0 Å². The Bertz CT molecular complexity index is 767. The van der Waals surface area contributed by atoms with E-state index in [1.807, 2.05) is 42.2 Å². The van der Waals surface area contributed by atoms with Crippen LogP contribution < -0.4 is 5.32 Å². The molecule has 0 radical (unpaired) electrons. The average Bonchev–Trinajstić information content (AvgIpc) is 3.32. The molecule has 3 N–H and O–H groups in total. The molecule has 152 valence electrons. The second-order valence-corrected chi connectivity index (χ2v) is 7.11. The van der Waals surface area contributed by atoms with Gasteiger partial charge in [0.15, 0.2) is 0 Å². The van der Waals surface area contributed by atoms with Gasteiger partial charge in [0, 0.05) is 38.6 Å². The molecule has 8 nitrogen and oxygen atoms in total. The largest absolute Gasteiger partial charge is 0.384 e. The number of aliphatic hydroxyl groups excluding tert-OH is 1. The van der Waals surface area contributed by atoms with Gasteiger partial charge in [0.1, 0.15) is 11.9 Å². The van der Waals surface area contributed by atoms with E-state index in [1.165, 1.54) is 7.11 Å². The van der Waals surface area contributed by atoms with Crippen LogP contribution in [-0.4, -0.2) is 59.7 Å². The monoisotopic (exact) mass is 388 g/mol. The third-order valence-corrected chi connectivity index (χ3v) is 5.02. The molecule has 2 heterocycles. The summed E-state index contributed by atoms with van der Waals surface area (Å²) in [4.78, 5) is 23.1. The predicted octanol–water partition coefficient (Wildman–Crippen LogP) is 1.51. The molecular weight excluding hydrogens is 360 g/mol. The van der Waals surface area contributed by atoms with Crippen molar-refractivity contribution < 1.29 is 19.4 Å². The molecule has 1 aliphatic heterocycles. The van der Waals surface area contributed by atoms with E-state index in [0.29, 0.717) is 13.2 Å². The summed E-state index contributed by atoms with van der Waals surface area (Å²) >= 11 is 0. The van der Waals surface area contributed by atoms with Crippen LogP contribution in [0.1, 0.15) is 35.6 Å². The number of hydrogen-bond donors (Lipinski definition) is 3. The van der Waals surface area contributed by atoms with Crippen LogP contribution in [0.3, 0.4) is 0 Å². The third-order valence-electron chi connectivity index (χ3n) is 5.02. The summed E-state index contributed by atoms with van der Waals surface area (Å²) in [7, 11) is 3.04. The number of aliphatic hydroxyl groups is 1. The summed E-state index contributed by atoms with van der Waals surface area (Å²) in [5, 5.41) is 12.8. The van der Waals surface area contributed by atoms with Crippen molar-refractivity contribution in [2.45, 2.75) is 31.8 Å². The number of benzene rings is 1. The van der Waals surface area contributed by atoms with Crippen molar-refractivity contribution in [3.63, 3.8) is 0 Å². The van der Waals surface area contributed by atoms with Crippen LogP contribution in [0.5, 0.6) is 0 Å². The van der Waals surface area contributed by atoms with Gasteiger partial charge in [0.05, 0.1) is 12.6 Å². The molecule has 3 rings (SSSR count). The summed E-state index contributed by atoms with van der Waals surface area (Å²) in [6.07, 6.45) is 1.28. The molecule has 0 spiro atoms. The summed E-state index contributed by atoms with van der Waals surface area (Å²) in [6, 6.07) is 8.41. The lowest BCUT2D eigenvalue weighted by Crippen LogP contribution is -2.45. The number of aromatic nitrogens is 2. The first kappa shape index (κ1) is 20.5. The molecule has 1 fully saturated rings. The molecule has 0 bridgehead atoms. The quantitative estimate of drug-likeness (QED) is 0.593. The van der Waals surface area contributed by atoms with Gasteiger partial charge in [-0.25, -0.2) is 4.98 Å². The van der Waals surface area contributed by atoms with Crippen molar-refractivity contribution in [1.82, 2.24) is 20.2 Å². The lowest BCUT2D eigenvalue weighted by atomic mass is 10.0. The molecule has 1 aromatic heterocycles. The molecule has 1 aromatic carbocycles. The van der Waals surface area contributed by atoms with E-state index < -0.39 is 12.5 Å². The van der Waals surface area contributed by atoms with E-state index >= 15 is 0 Å². The number of ether oxygens (including phenoxy) is 2. The Balaban J connectivity index is 1.90. The van der Waals surface area contributed by atoms with Gasteiger partial charge in [0.2, 0.25) is 12.3 Å². The van der Waals surface area contributed by atoms with Crippen molar-refractivity contribution in [1.29, 1.82) is 0 Å². The molecule has 28 heavy (non-hydrogen) atoms. The Morgan fingerprint density at radius 2 is 2.14 bits per heavy atom. The van der Waals surface area contributed by atoms with Gasteiger partial charge < -0.3 is 24.5 Å². The number of methoxy groups -OCH3 is 2. The first-order chi connectivity index (χ1) is 13.5. The van der Waals surface area contributed by atoms with Crippen molar-refractivity contribution in [3.8, 4) is 0 Å². The number of aryl methyl sites for hydroxylation is 1. The van der Waals surface area contributed by atoms with E-state index in [0.717, 1.165) is 23.5 Å². The highest BCUT2D eigenvalue weighted by Crippen LogP contribution is 2.36. The van der Waals surface area contributed by atoms with Gasteiger partial charge in [-0.2, -0.15) is 0 Å². The minimum Gasteiger partial charge on any atom is -0.384 e. The molecule has 4 atom stereocenters. The molecule has 1 unspecified atom stereocenters. The van der Waals surface area contributed by atoms with Gasteiger partial charge in [-0.3, -0.25) is 10.1 Å². The van der Waals surface area contributed by atoms with Crippen LogP contribution in [0, 0.1) is 12.8 Å². The smallest absolute Gasteiger partial charge is 0.245 e. The summed E-state index contributed by atoms with van der Waals surface area (Å²) in [6.45, 7) is 3.07. The van der Waals surface area contributed by atoms with E-state index in [1.54, 1.807) is 13.3 Å². The minimum absolute atomic E-state index is 0.139. The molecule has 0 aliphatic carbocycles. The lowest BCUT2D eigenvalue weighted by molar-refractivity contribution is -0.143. The van der Waals surface area contributed by atoms with E-state index in [-0.39, 0.29) is 17.9 Å². The summed E-state index contributed by atoms with van der Waals surface area (Å²) < 4.78 is 10.3. The molecule has 8 heteroatoms. The molecule has 1 amide bonds. The molecular formula is C20H28N4O4. The topological polar surface area (TPSA) is 99.7 Å². The maximum Gasteiger partial charge on any atom is 0.245 e. The van der Waals surface area contributed by atoms with Gasteiger partial charge in [-0.15, -0.1) is 0 Å². The maximum atomic E-state index is 13.6. The Labute approximate surface area is 164 Å². The standard InChI is InChI=1S/C20H28N4O4/c1-13-10-21-18(22-13)16-9-14(12-27-2)11-24(16)19(25)17(23-20(26)28-3)15-7-5-4-6-8-15/h4-8,10,14,16-17,20,23,26H,9,11-12H2,1-3H3,(H,21,22)/t14-,16-,17+,20?/m0/s1. The zero-order valence-corrected chi connectivity index (χ0v) is 16.5. The van der Waals surface area contributed by atoms with E-state index in [2.05, 4.69) is 15.3 Å². The Morgan fingerprint density at radius 1 is 1.39 bits per heavy atom. The van der Waals surface area contributed by atoms with Crippen molar-refractivity contribution in [2.75, 3.05) is 27.4 Å². The maximum absolute atomic E-state index is 13.6. The number of nitrogens with zero attached hydrogens (tertiary/aromatic N) is 2. The fraction of sp³-hybridized carbons (Fsp3) is 0.500. The number of amides is 1. The van der Waals surface area contributed by atoms with Crippen LogP contribution in [-0.2, 0) is 14.3 Å². The van der Waals surface area contributed by atoms with Crippen LogP contribution in [0.2, 0.25) is 0 Å². The van der Waals surface area contributed by atoms with Gasteiger partial charge in [-0.05, 0) is 18.9 Å². The van der Waals surface area contributed by atoms with Crippen LogP contribution in [0.15, 0.2) is 36.5 Å². The number of nitrogens with one attached hydrogen (secondary N) is 2. The van der Waals surface area contributed by atoms with E-state index in [4.69, 9.17) is 9.47 Å². The van der Waals surface area contributed by atoms with Crippen molar-refractivity contribution in [2.24, 2.45) is 5.92 Å². The number of likely N-dealkylation sites (tertiary alicyclic amines) is 1. The number of hydrogen-bond acceptors (Lipinski definition) is 6. The van der Waals surface area contributed by atoms with Crippen LogP contribution in [0.25, 0.3) is 0 Å².